The lowest BCUT2D eigenvalue weighted by atomic mass is 10.2. The predicted molar refractivity (Wildman–Crippen MR) is 65.5 cm³/mol. The number of nitrogens with two attached hydrogens (primary N) is 1. The Morgan fingerprint density at radius 3 is 2.88 bits per heavy atom. The standard InChI is InChI=1S/C11H14N4S/c1-3-10-13-11(15-14-10)16-9-5-4-7(2)6-8(9)12/h4-6H,3,12H2,1-2H3,(H,13,14,15). The van der Waals surface area contributed by atoms with Crippen molar-refractivity contribution >= 4 is 17.4 Å². The molecule has 0 saturated carbocycles. The molecule has 4 nitrogen and oxygen atoms in total. The summed E-state index contributed by atoms with van der Waals surface area (Å²) in [6.07, 6.45) is 0.858. The zero-order valence-electron chi connectivity index (χ0n) is 9.32. The summed E-state index contributed by atoms with van der Waals surface area (Å²) < 4.78 is 0. The number of nitrogens with one attached hydrogen (secondary N) is 1. The van der Waals surface area contributed by atoms with Gasteiger partial charge in [0.05, 0.1) is 0 Å². The molecule has 0 aliphatic heterocycles. The Labute approximate surface area is 98.7 Å². The lowest BCUT2D eigenvalue weighted by Crippen LogP contribution is -1.89. The van der Waals surface area contributed by atoms with Gasteiger partial charge in [-0.1, -0.05) is 13.0 Å². The molecule has 1 aromatic carbocycles. The van der Waals surface area contributed by atoms with Gasteiger partial charge in [-0.2, -0.15) is 0 Å². The number of aromatic nitrogens is 3. The minimum absolute atomic E-state index is 0.715. The fourth-order valence-corrected chi connectivity index (χ4v) is 2.10. The highest BCUT2D eigenvalue weighted by molar-refractivity contribution is 7.99. The highest BCUT2D eigenvalue weighted by Gasteiger charge is 2.06. The topological polar surface area (TPSA) is 67.6 Å². The van der Waals surface area contributed by atoms with Gasteiger partial charge in [-0.15, -0.1) is 5.10 Å². The Bertz CT molecular complexity index is 492. The van der Waals surface area contributed by atoms with Crippen LogP contribution in [0.15, 0.2) is 28.3 Å². The number of nitrogen functional groups attached to an aromatic ring is 1. The van der Waals surface area contributed by atoms with Crippen LogP contribution in [-0.2, 0) is 6.42 Å². The van der Waals surface area contributed by atoms with Gasteiger partial charge >= 0.3 is 0 Å². The molecule has 0 spiro atoms. The van der Waals surface area contributed by atoms with Crippen molar-refractivity contribution in [3.63, 3.8) is 0 Å². The first kappa shape index (κ1) is 11.0. The Hall–Kier alpha value is -1.49. The number of aryl methyl sites for hydroxylation is 2. The van der Waals surface area contributed by atoms with Crippen molar-refractivity contribution in [2.24, 2.45) is 0 Å². The van der Waals surface area contributed by atoms with Crippen LogP contribution in [0.4, 0.5) is 5.69 Å². The van der Waals surface area contributed by atoms with E-state index in [0.717, 1.165) is 28.4 Å². The average molecular weight is 234 g/mol. The quantitative estimate of drug-likeness (QED) is 0.800. The molecule has 2 aromatic rings. The molecule has 0 bridgehead atoms. The first-order valence-corrected chi connectivity index (χ1v) is 5.96. The fraction of sp³-hybridized carbons (Fsp3) is 0.273. The molecule has 0 aliphatic carbocycles. The summed E-state index contributed by atoms with van der Waals surface area (Å²) in [5, 5.41) is 7.72. The Morgan fingerprint density at radius 2 is 2.25 bits per heavy atom. The molecule has 16 heavy (non-hydrogen) atoms. The molecule has 84 valence electrons. The smallest absolute Gasteiger partial charge is 0.213 e. The van der Waals surface area contributed by atoms with Crippen LogP contribution in [0.25, 0.3) is 0 Å². The number of nitrogens with zero attached hydrogens (tertiary/aromatic N) is 2. The Morgan fingerprint density at radius 1 is 1.44 bits per heavy atom. The maximum atomic E-state index is 5.92. The van der Waals surface area contributed by atoms with E-state index in [4.69, 9.17) is 5.73 Å². The van der Waals surface area contributed by atoms with Crippen molar-refractivity contribution < 1.29 is 0 Å². The van der Waals surface area contributed by atoms with Crippen LogP contribution in [-0.4, -0.2) is 15.2 Å². The molecule has 0 aliphatic rings. The highest BCUT2D eigenvalue weighted by atomic mass is 32.2. The van der Waals surface area contributed by atoms with Crippen molar-refractivity contribution in [2.75, 3.05) is 5.73 Å². The van der Waals surface area contributed by atoms with Gasteiger partial charge in [-0.3, -0.25) is 5.10 Å². The molecule has 1 heterocycles. The van der Waals surface area contributed by atoms with Gasteiger partial charge in [0.25, 0.3) is 0 Å². The van der Waals surface area contributed by atoms with Gasteiger partial charge < -0.3 is 5.73 Å². The van der Waals surface area contributed by atoms with Gasteiger partial charge in [0.2, 0.25) is 5.16 Å². The summed E-state index contributed by atoms with van der Waals surface area (Å²) in [4.78, 5) is 5.32. The average Bonchev–Trinajstić information content (AvgIpc) is 2.70. The number of hydrogen-bond donors (Lipinski definition) is 2. The third-order valence-corrected chi connectivity index (χ3v) is 3.17. The van der Waals surface area contributed by atoms with Crippen molar-refractivity contribution in [1.82, 2.24) is 15.2 Å². The molecule has 0 unspecified atom stereocenters. The van der Waals surface area contributed by atoms with Crippen LogP contribution in [0, 0.1) is 6.92 Å². The van der Waals surface area contributed by atoms with E-state index in [1.807, 2.05) is 32.0 Å². The molecular weight excluding hydrogens is 220 g/mol. The molecule has 1 aromatic heterocycles. The number of aromatic amines is 1. The van der Waals surface area contributed by atoms with E-state index in [1.54, 1.807) is 0 Å². The fourth-order valence-electron chi connectivity index (χ4n) is 1.34. The van der Waals surface area contributed by atoms with Gasteiger partial charge in [-0.25, -0.2) is 4.98 Å². The monoisotopic (exact) mass is 234 g/mol. The molecule has 0 fully saturated rings. The van der Waals surface area contributed by atoms with E-state index in [-0.39, 0.29) is 0 Å². The van der Waals surface area contributed by atoms with E-state index in [0.29, 0.717) is 5.16 Å². The third-order valence-electron chi connectivity index (χ3n) is 2.21. The van der Waals surface area contributed by atoms with Gasteiger partial charge in [0, 0.05) is 17.0 Å². The summed E-state index contributed by atoms with van der Waals surface area (Å²) in [6.45, 7) is 4.06. The maximum absolute atomic E-state index is 5.92. The minimum Gasteiger partial charge on any atom is -0.398 e. The zero-order valence-corrected chi connectivity index (χ0v) is 10.1. The van der Waals surface area contributed by atoms with Crippen LogP contribution in [0.5, 0.6) is 0 Å². The molecule has 0 atom stereocenters. The number of benzene rings is 1. The molecule has 3 N–H and O–H groups in total. The molecule has 5 heteroatoms. The molecule has 0 amide bonds. The first-order chi connectivity index (χ1) is 7.69. The zero-order chi connectivity index (χ0) is 11.5. The van der Waals surface area contributed by atoms with E-state index in [9.17, 15) is 0 Å². The second-order valence-electron chi connectivity index (χ2n) is 3.56. The Kier molecular flexibility index (Phi) is 3.14. The van der Waals surface area contributed by atoms with Crippen molar-refractivity contribution in [2.45, 2.75) is 30.3 Å². The SMILES string of the molecule is CCc1nc(Sc2ccc(C)cc2N)n[nH]1. The van der Waals surface area contributed by atoms with Crippen LogP contribution in [0.1, 0.15) is 18.3 Å². The molecular formula is C11H14N4S. The highest BCUT2D eigenvalue weighted by Crippen LogP contribution is 2.30. The minimum atomic E-state index is 0.715. The van der Waals surface area contributed by atoms with Crippen LogP contribution >= 0.6 is 11.8 Å². The second kappa shape index (κ2) is 4.57. The largest absolute Gasteiger partial charge is 0.398 e. The predicted octanol–water partition coefficient (Wildman–Crippen LogP) is 2.41. The maximum Gasteiger partial charge on any atom is 0.213 e. The molecule has 0 radical (unpaired) electrons. The van der Waals surface area contributed by atoms with E-state index < -0.39 is 0 Å². The molecule has 2 rings (SSSR count). The summed E-state index contributed by atoms with van der Waals surface area (Å²) in [5.41, 5.74) is 7.85. The summed E-state index contributed by atoms with van der Waals surface area (Å²) in [6, 6.07) is 5.99. The van der Waals surface area contributed by atoms with Crippen LogP contribution < -0.4 is 5.73 Å². The lowest BCUT2D eigenvalue weighted by Gasteiger charge is -2.02. The van der Waals surface area contributed by atoms with E-state index in [2.05, 4.69) is 15.2 Å². The molecule has 0 saturated heterocycles. The lowest BCUT2D eigenvalue weighted by molar-refractivity contribution is 0.941. The van der Waals surface area contributed by atoms with E-state index >= 15 is 0 Å². The van der Waals surface area contributed by atoms with Crippen molar-refractivity contribution in [3.05, 3.63) is 29.6 Å². The third kappa shape index (κ3) is 2.36. The normalized spacial score (nSPS) is 10.6. The number of H-pyrrole nitrogens is 1. The van der Waals surface area contributed by atoms with Gasteiger partial charge in [0.15, 0.2) is 0 Å². The van der Waals surface area contributed by atoms with Gasteiger partial charge in [-0.05, 0) is 36.4 Å². The van der Waals surface area contributed by atoms with E-state index in [1.165, 1.54) is 11.8 Å². The van der Waals surface area contributed by atoms with Gasteiger partial charge in [0.1, 0.15) is 5.82 Å². The Balaban J connectivity index is 2.20. The summed E-state index contributed by atoms with van der Waals surface area (Å²) in [5.74, 6) is 0.896. The van der Waals surface area contributed by atoms with Crippen LogP contribution in [0.2, 0.25) is 0 Å². The second-order valence-corrected chi connectivity index (χ2v) is 4.57. The summed E-state index contributed by atoms with van der Waals surface area (Å²) in [7, 11) is 0. The first-order valence-electron chi connectivity index (χ1n) is 5.14. The van der Waals surface area contributed by atoms with Crippen LogP contribution in [0.3, 0.4) is 0 Å². The number of anilines is 1. The number of hydrogen-bond acceptors (Lipinski definition) is 4. The summed E-state index contributed by atoms with van der Waals surface area (Å²) >= 11 is 1.48. The number of rotatable bonds is 3. The van der Waals surface area contributed by atoms with Crippen molar-refractivity contribution in [1.29, 1.82) is 0 Å². The van der Waals surface area contributed by atoms with Crippen molar-refractivity contribution in [3.8, 4) is 0 Å².